The first-order valence-corrected chi connectivity index (χ1v) is 7.46. The summed E-state index contributed by atoms with van der Waals surface area (Å²) in [5, 5.41) is 0. The van der Waals surface area contributed by atoms with Crippen LogP contribution in [0.25, 0.3) is 0 Å². The minimum absolute atomic E-state index is 0.449. The molecule has 1 aliphatic rings. The van der Waals surface area contributed by atoms with Gasteiger partial charge < -0.3 is 10.6 Å². The third kappa shape index (κ3) is 3.30. The monoisotopic (exact) mass is 260 g/mol. The molecule has 2 rings (SSSR count). The fraction of sp³-hybridized carbons (Fsp3) is 0.647. The van der Waals surface area contributed by atoms with Crippen LogP contribution in [0.3, 0.4) is 0 Å². The lowest BCUT2D eigenvalue weighted by atomic mass is 9.75. The molecule has 0 aromatic heterocycles. The Morgan fingerprint density at radius 3 is 2.32 bits per heavy atom. The minimum atomic E-state index is 0.449. The Hall–Kier alpha value is -1.02. The number of nitrogens with two attached hydrogens (primary N) is 1. The topological polar surface area (TPSA) is 29.3 Å². The van der Waals surface area contributed by atoms with E-state index in [-0.39, 0.29) is 0 Å². The Kier molecular flexibility index (Phi) is 4.19. The number of benzene rings is 1. The summed E-state index contributed by atoms with van der Waals surface area (Å²) in [5.74, 6) is 0.854. The van der Waals surface area contributed by atoms with Gasteiger partial charge in [-0.05, 0) is 48.3 Å². The molecule has 0 amide bonds. The van der Waals surface area contributed by atoms with Gasteiger partial charge in [-0.1, -0.05) is 32.9 Å². The summed E-state index contributed by atoms with van der Waals surface area (Å²) in [7, 11) is 0. The number of hydrogen-bond acceptors (Lipinski definition) is 2. The molecule has 0 bridgehead atoms. The average Bonchev–Trinajstić information content (AvgIpc) is 2.37. The van der Waals surface area contributed by atoms with Crippen molar-refractivity contribution in [2.45, 2.75) is 47.1 Å². The van der Waals surface area contributed by atoms with Crippen molar-refractivity contribution in [1.82, 2.24) is 0 Å². The molecule has 2 N–H and O–H groups in total. The first-order valence-electron chi connectivity index (χ1n) is 7.46. The highest BCUT2D eigenvalue weighted by Gasteiger charge is 2.29. The molecular weight excluding hydrogens is 232 g/mol. The van der Waals surface area contributed by atoms with Crippen LogP contribution in [-0.4, -0.2) is 13.1 Å². The molecule has 19 heavy (non-hydrogen) atoms. The first kappa shape index (κ1) is 14.4. The molecule has 0 saturated carbocycles. The van der Waals surface area contributed by atoms with Crippen molar-refractivity contribution < 1.29 is 0 Å². The zero-order chi connectivity index (χ0) is 14.0. The van der Waals surface area contributed by atoms with Gasteiger partial charge in [-0.15, -0.1) is 0 Å². The van der Waals surface area contributed by atoms with E-state index in [0.717, 1.165) is 5.92 Å². The van der Waals surface area contributed by atoms with E-state index in [1.165, 1.54) is 42.7 Å². The highest BCUT2D eigenvalue weighted by atomic mass is 15.1. The second-order valence-corrected chi connectivity index (χ2v) is 6.95. The van der Waals surface area contributed by atoms with Crippen LogP contribution in [-0.2, 0) is 6.54 Å². The van der Waals surface area contributed by atoms with E-state index in [9.17, 15) is 0 Å². The van der Waals surface area contributed by atoms with Crippen molar-refractivity contribution in [2.75, 3.05) is 18.0 Å². The highest BCUT2D eigenvalue weighted by molar-refractivity contribution is 5.54. The Morgan fingerprint density at radius 2 is 1.84 bits per heavy atom. The van der Waals surface area contributed by atoms with Gasteiger partial charge in [0.15, 0.2) is 0 Å². The van der Waals surface area contributed by atoms with Crippen LogP contribution in [0.15, 0.2) is 18.2 Å². The van der Waals surface area contributed by atoms with Crippen LogP contribution in [0, 0.1) is 18.3 Å². The summed E-state index contributed by atoms with van der Waals surface area (Å²) in [6, 6.07) is 6.64. The Balaban J connectivity index is 2.06. The van der Waals surface area contributed by atoms with Gasteiger partial charge >= 0.3 is 0 Å². The number of piperidine rings is 1. The van der Waals surface area contributed by atoms with Crippen LogP contribution in [0.4, 0.5) is 5.69 Å². The standard InChI is InChI=1S/C17H28N2/c1-13-11-14(12-18)5-6-16(13)19-9-7-15(8-10-19)17(2,3)4/h5-6,11,15H,7-10,12,18H2,1-4H3. The van der Waals surface area contributed by atoms with E-state index >= 15 is 0 Å². The first-order chi connectivity index (χ1) is 8.91. The molecule has 0 aliphatic carbocycles. The predicted octanol–water partition coefficient (Wildman–Crippen LogP) is 3.72. The van der Waals surface area contributed by atoms with Crippen molar-refractivity contribution in [2.24, 2.45) is 17.1 Å². The molecule has 106 valence electrons. The maximum absolute atomic E-state index is 5.70. The zero-order valence-electron chi connectivity index (χ0n) is 12.9. The number of aryl methyl sites for hydroxylation is 1. The summed E-state index contributed by atoms with van der Waals surface area (Å²) in [4.78, 5) is 2.54. The summed E-state index contributed by atoms with van der Waals surface area (Å²) < 4.78 is 0. The van der Waals surface area contributed by atoms with Gasteiger partial charge in [0.05, 0.1) is 0 Å². The van der Waals surface area contributed by atoms with Crippen molar-refractivity contribution in [3.05, 3.63) is 29.3 Å². The molecule has 0 unspecified atom stereocenters. The van der Waals surface area contributed by atoms with E-state index in [1.54, 1.807) is 0 Å². The maximum Gasteiger partial charge on any atom is 0.0396 e. The quantitative estimate of drug-likeness (QED) is 0.878. The van der Waals surface area contributed by atoms with Crippen molar-refractivity contribution in [3.63, 3.8) is 0 Å². The molecule has 0 atom stereocenters. The van der Waals surface area contributed by atoms with E-state index in [0.29, 0.717) is 12.0 Å². The Bertz CT molecular complexity index is 423. The van der Waals surface area contributed by atoms with Gasteiger partial charge in [-0.3, -0.25) is 0 Å². The zero-order valence-corrected chi connectivity index (χ0v) is 12.9. The number of hydrogen-bond donors (Lipinski definition) is 1. The van der Waals surface area contributed by atoms with E-state index in [1.807, 2.05) is 0 Å². The van der Waals surface area contributed by atoms with Crippen LogP contribution < -0.4 is 10.6 Å². The average molecular weight is 260 g/mol. The summed E-state index contributed by atoms with van der Waals surface area (Å²) >= 11 is 0. The lowest BCUT2D eigenvalue weighted by Crippen LogP contribution is -2.38. The SMILES string of the molecule is Cc1cc(CN)ccc1N1CCC(C(C)(C)C)CC1. The lowest BCUT2D eigenvalue weighted by molar-refractivity contribution is 0.199. The van der Waals surface area contributed by atoms with Crippen molar-refractivity contribution in [1.29, 1.82) is 0 Å². The second kappa shape index (κ2) is 5.54. The molecule has 1 heterocycles. The predicted molar refractivity (Wildman–Crippen MR) is 83.5 cm³/mol. The normalized spacial score (nSPS) is 17.8. The van der Waals surface area contributed by atoms with E-state index in [2.05, 4.69) is 50.8 Å². The molecule has 1 saturated heterocycles. The van der Waals surface area contributed by atoms with E-state index in [4.69, 9.17) is 5.73 Å². The van der Waals surface area contributed by atoms with Gasteiger partial charge in [-0.25, -0.2) is 0 Å². The van der Waals surface area contributed by atoms with Crippen molar-refractivity contribution >= 4 is 5.69 Å². The van der Waals surface area contributed by atoms with Gasteiger partial charge in [0.2, 0.25) is 0 Å². The fourth-order valence-corrected chi connectivity index (χ4v) is 3.19. The molecule has 1 aromatic rings. The third-order valence-corrected chi connectivity index (χ3v) is 4.56. The van der Waals surface area contributed by atoms with Gasteiger partial charge in [0, 0.05) is 25.3 Å². The molecular formula is C17H28N2. The summed E-state index contributed by atoms with van der Waals surface area (Å²) in [5.41, 5.74) is 10.1. The molecule has 2 nitrogen and oxygen atoms in total. The van der Waals surface area contributed by atoms with Crippen LogP contribution in [0.1, 0.15) is 44.7 Å². The molecule has 0 radical (unpaired) electrons. The number of nitrogens with zero attached hydrogens (tertiary/aromatic N) is 1. The smallest absolute Gasteiger partial charge is 0.0396 e. The van der Waals surface area contributed by atoms with Gasteiger partial charge in [0.25, 0.3) is 0 Å². The van der Waals surface area contributed by atoms with Gasteiger partial charge in [-0.2, -0.15) is 0 Å². The summed E-state index contributed by atoms with van der Waals surface area (Å²) in [6.45, 7) is 12.3. The maximum atomic E-state index is 5.70. The molecule has 1 fully saturated rings. The molecule has 2 heteroatoms. The Morgan fingerprint density at radius 1 is 1.21 bits per heavy atom. The highest BCUT2D eigenvalue weighted by Crippen LogP contribution is 2.36. The number of rotatable bonds is 2. The lowest BCUT2D eigenvalue weighted by Gasteiger charge is -2.40. The Labute approximate surface area is 118 Å². The van der Waals surface area contributed by atoms with Crippen LogP contribution >= 0.6 is 0 Å². The van der Waals surface area contributed by atoms with Crippen LogP contribution in [0.2, 0.25) is 0 Å². The second-order valence-electron chi connectivity index (χ2n) is 6.95. The van der Waals surface area contributed by atoms with Gasteiger partial charge in [0.1, 0.15) is 0 Å². The largest absolute Gasteiger partial charge is 0.371 e. The summed E-state index contributed by atoms with van der Waals surface area (Å²) in [6.07, 6.45) is 2.61. The van der Waals surface area contributed by atoms with E-state index < -0.39 is 0 Å². The van der Waals surface area contributed by atoms with Crippen LogP contribution in [0.5, 0.6) is 0 Å². The molecule has 0 spiro atoms. The number of anilines is 1. The minimum Gasteiger partial charge on any atom is -0.371 e. The fourth-order valence-electron chi connectivity index (χ4n) is 3.19. The third-order valence-electron chi connectivity index (χ3n) is 4.56. The molecule has 1 aromatic carbocycles. The van der Waals surface area contributed by atoms with Crippen molar-refractivity contribution in [3.8, 4) is 0 Å². The molecule has 1 aliphatic heterocycles.